The fourth-order valence-electron chi connectivity index (χ4n) is 13.9. The lowest BCUT2D eigenvalue weighted by Gasteiger charge is -2.58. The van der Waals surface area contributed by atoms with Crippen LogP contribution in [0.5, 0.6) is 0 Å². The van der Waals surface area contributed by atoms with Crippen LogP contribution in [0.25, 0.3) is 0 Å². The summed E-state index contributed by atoms with van der Waals surface area (Å²) in [6.45, 7) is 15.6. The summed E-state index contributed by atoms with van der Waals surface area (Å²) in [6, 6.07) is 0. The normalized spacial score (nSPS) is 28.2. The second-order valence-electron chi connectivity index (χ2n) is 24.7. The fraction of sp³-hybridized carbons (Fsp3) is 0.966. The second-order valence-corrected chi connectivity index (χ2v) is 26.1. The third-order valence-electron chi connectivity index (χ3n) is 17.9. The Kier molecular flexibility index (Phi) is 26.9. The van der Waals surface area contributed by atoms with Gasteiger partial charge in [0.05, 0.1) is 47.0 Å². The van der Waals surface area contributed by atoms with Crippen LogP contribution in [0.3, 0.4) is 0 Å². The van der Waals surface area contributed by atoms with Gasteiger partial charge in [0.1, 0.15) is 0 Å². The van der Waals surface area contributed by atoms with Crippen molar-refractivity contribution in [3.8, 4) is 0 Å². The van der Waals surface area contributed by atoms with Gasteiger partial charge in [0, 0.05) is 6.61 Å². The van der Waals surface area contributed by atoms with Crippen molar-refractivity contribution in [2.45, 2.75) is 265 Å². The summed E-state index contributed by atoms with van der Waals surface area (Å²) in [5.74, 6) is 5.50. The largest absolute Gasteiger partial charge is 0.472 e. The van der Waals surface area contributed by atoms with E-state index < -0.39 is 7.82 Å². The smallest absolute Gasteiger partial charge is 0.378 e. The predicted octanol–water partition coefficient (Wildman–Crippen LogP) is 17.6. The number of allylic oxidation sites excluding steroid dienone is 1. The average molecular weight is 934 g/mol. The van der Waals surface area contributed by atoms with E-state index in [1.54, 1.807) is 5.57 Å². The number of hydrogen-bond donors (Lipinski definition) is 1. The van der Waals surface area contributed by atoms with Crippen molar-refractivity contribution < 1.29 is 27.7 Å². The fourth-order valence-corrected chi connectivity index (χ4v) is 14.7. The van der Waals surface area contributed by atoms with Crippen LogP contribution >= 0.6 is 7.82 Å². The summed E-state index contributed by atoms with van der Waals surface area (Å²) in [5.41, 5.74) is 2.81. The first kappa shape index (κ1) is 57.3. The summed E-state index contributed by atoms with van der Waals surface area (Å²) in [7, 11) is 2.81. The first-order valence-electron chi connectivity index (χ1n) is 28.9. The minimum atomic E-state index is -3.90. The number of unbranched alkanes of at least 4 members (excludes halogenated alkanes) is 22. The SMILES string of the molecule is CC(C)CCC[C@@H](C)[C@H]1CC[C@H]2[C@@H]3CC=C4C[C@@H](OCCCCCCCCCCCCCCCCCCCCOP(=O)(O)OCCCCCCCC[N+](C)(C)C)CC[C@]4(C)[C@H]3CC[C@]12C. The second kappa shape index (κ2) is 30.5. The van der Waals surface area contributed by atoms with Crippen molar-refractivity contribution in [3.05, 3.63) is 11.6 Å². The predicted molar refractivity (Wildman–Crippen MR) is 278 cm³/mol. The van der Waals surface area contributed by atoms with Gasteiger partial charge in [-0.05, 0) is 130 Å². The summed E-state index contributed by atoms with van der Waals surface area (Å²) >= 11 is 0. The molecule has 0 radical (unpaired) electrons. The van der Waals surface area contributed by atoms with Crippen LogP contribution in [0.15, 0.2) is 11.6 Å². The maximum Gasteiger partial charge on any atom is 0.472 e. The monoisotopic (exact) mass is 933 g/mol. The van der Waals surface area contributed by atoms with E-state index in [-0.39, 0.29) is 0 Å². The molecule has 0 heterocycles. The molecular formula is C58H111NO5P+. The molecule has 9 atom stereocenters. The molecule has 4 rings (SSSR count). The van der Waals surface area contributed by atoms with Gasteiger partial charge >= 0.3 is 7.82 Å². The zero-order valence-electron chi connectivity index (χ0n) is 44.7. The van der Waals surface area contributed by atoms with Crippen LogP contribution in [0.1, 0.15) is 259 Å². The molecule has 3 fully saturated rings. The molecule has 1 unspecified atom stereocenters. The highest BCUT2D eigenvalue weighted by atomic mass is 31.2. The number of ether oxygens (including phenoxy) is 1. The first-order chi connectivity index (χ1) is 31.1. The summed E-state index contributed by atoms with van der Waals surface area (Å²) in [4.78, 5) is 9.95. The molecule has 0 spiro atoms. The van der Waals surface area contributed by atoms with Gasteiger partial charge < -0.3 is 14.1 Å². The van der Waals surface area contributed by atoms with E-state index in [0.29, 0.717) is 30.1 Å². The van der Waals surface area contributed by atoms with Gasteiger partial charge in [-0.25, -0.2) is 4.57 Å². The highest BCUT2D eigenvalue weighted by Gasteiger charge is 2.59. The van der Waals surface area contributed by atoms with Crippen LogP contribution in [0, 0.1) is 46.3 Å². The van der Waals surface area contributed by atoms with Crippen LogP contribution in [0.4, 0.5) is 0 Å². The molecule has 4 aliphatic carbocycles. The Morgan fingerprint density at radius 3 is 1.62 bits per heavy atom. The van der Waals surface area contributed by atoms with Gasteiger partial charge in [-0.15, -0.1) is 0 Å². The Balaban J connectivity index is 0.885. The van der Waals surface area contributed by atoms with Crippen LogP contribution in [-0.2, 0) is 18.3 Å². The molecule has 0 aromatic carbocycles. The minimum Gasteiger partial charge on any atom is -0.378 e. The molecule has 382 valence electrons. The van der Waals surface area contributed by atoms with Crippen LogP contribution in [0.2, 0.25) is 0 Å². The van der Waals surface area contributed by atoms with E-state index >= 15 is 0 Å². The number of quaternary nitrogens is 1. The van der Waals surface area contributed by atoms with E-state index in [4.69, 9.17) is 13.8 Å². The highest BCUT2D eigenvalue weighted by molar-refractivity contribution is 7.47. The zero-order valence-corrected chi connectivity index (χ0v) is 45.6. The molecule has 0 amide bonds. The molecule has 0 aliphatic heterocycles. The van der Waals surface area contributed by atoms with E-state index in [9.17, 15) is 9.46 Å². The maximum atomic E-state index is 12.1. The number of phosphoric ester groups is 1. The number of phosphoric acid groups is 1. The summed E-state index contributed by atoms with van der Waals surface area (Å²) in [5, 5.41) is 0. The Hall–Kier alpha value is -0.230. The number of fused-ring (bicyclic) bond motifs is 5. The molecular weight excluding hydrogens is 822 g/mol. The lowest BCUT2D eigenvalue weighted by Crippen LogP contribution is -2.51. The molecule has 7 heteroatoms. The lowest BCUT2D eigenvalue weighted by molar-refractivity contribution is -0.870. The van der Waals surface area contributed by atoms with Crippen molar-refractivity contribution in [1.29, 1.82) is 0 Å². The summed E-state index contributed by atoms with van der Waals surface area (Å²) in [6.07, 6.45) is 49.0. The minimum absolute atomic E-state index is 0.308. The number of nitrogens with zero attached hydrogens (tertiary/aromatic N) is 1. The molecule has 6 nitrogen and oxygen atoms in total. The summed E-state index contributed by atoms with van der Waals surface area (Å²) < 4.78 is 30.1. The van der Waals surface area contributed by atoms with Crippen molar-refractivity contribution in [3.63, 3.8) is 0 Å². The third kappa shape index (κ3) is 20.9. The molecule has 0 bridgehead atoms. The quantitative estimate of drug-likeness (QED) is 0.0289. The van der Waals surface area contributed by atoms with Gasteiger partial charge in [0.15, 0.2) is 0 Å². The van der Waals surface area contributed by atoms with Gasteiger partial charge in [-0.2, -0.15) is 0 Å². The standard InChI is InChI=1S/C58H110NO5P/c1-49(2)34-33-35-50(3)54-38-39-55-53-37-36-51-48-52(40-42-57(51,4)56(53)41-43-58(54,55)5)62-45-30-26-22-19-17-15-13-11-9-10-12-14-16-18-20-23-27-31-46-63-65(60,61)64-47-32-28-24-21-25-29-44-59(6,7)8/h36,49-50,52-56H,9-35,37-48H2,1-8H3/p+1/t50-,52+,53+,54-,55+,56+,57+,58-/m1/s1. The first-order valence-corrected chi connectivity index (χ1v) is 30.4. The Labute approximate surface area is 404 Å². The van der Waals surface area contributed by atoms with Gasteiger partial charge in [0.25, 0.3) is 0 Å². The van der Waals surface area contributed by atoms with E-state index in [2.05, 4.69) is 61.8 Å². The third-order valence-corrected chi connectivity index (χ3v) is 18.9. The van der Waals surface area contributed by atoms with E-state index in [1.165, 1.54) is 199 Å². The molecule has 3 saturated carbocycles. The van der Waals surface area contributed by atoms with Crippen LogP contribution in [-0.4, -0.2) is 63.0 Å². The van der Waals surface area contributed by atoms with Crippen molar-refractivity contribution >= 4 is 7.82 Å². The van der Waals surface area contributed by atoms with Crippen molar-refractivity contribution in [1.82, 2.24) is 0 Å². The molecule has 65 heavy (non-hydrogen) atoms. The van der Waals surface area contributed by atoms with Crippen molar-refractivity contribution in [2.24, 2.45) is 46.3 Å². The Bertz CT molecular complexity index is 1330. The average Bonchev–Trinajstić information content (AvgIpc) is 3.61. The molecule has 0 saturated heterocycles. The van der Waals surface area contributed by atoms with E-state index in [1.807, 2.05) is 0 Å². The topological polar surface area (TPSA) is 65.0 Å². The van der Waals surface area contributed by atoms with Crippen LogP contribution < -0.4 is 0 Å². The molecule has 0 aromatic rings. The number of hydrogen-bond acceptors (Lipinski definition) is 4. The molecule has 0 aromatic heterocycles. The maximum absolute atomic E-state index is 12.1. The zero-order chi connectivity index (χ0) is 47.0. The Morgan fingerprint density at radius 2 is 1.11 bits per heavy atom. The number of rotatable bonds is 38. The van der Waals surface area contributed by atoms with Gasteiger partial charge in [0.2, 0.25) is 0 Å². The van der Waals surface area contributed by atoms with Gasteiger partial charge in [-0.3, -0.25) is 9.05 Å². The lowest BCUT2D eigenvalue weighted by atomic mass is 9.47. The van der Waals surface area contributed by atoms with Gasteiger partial charge in [-0.1, -0.05) is 188 Å². The van der Waals surface area contributed by atoms with E-state index in [0.717, 1.165) is 78.7 Å². The molecule has 4 aliphatic rings. The Morgan fingerprint density at radius 1 is 0.615 bits per heavy atom. The highest BCUT2D eigenvalue weighted by Crippen LogP contribution is 2.67. The molecule has 1 N–H and O–H groups in total. The van der Waals surface area contributed by atoms with Crippen molar-refractivity contribution in [2.75, 3.05) is 47.5 Å².